The summed E-state index contributed by atoms with van der Waals surface area (Å²) in [5.74, 6) is 0.834. The van der Waals surface area contributed by atoms with Crippen LogP contribution in [0.1, 0.15) is 45.2 Å². The van der Waals surface area contributed by atoms with E-state index in [1.165, 1.54) is 18.5 Å². The van der Waals surface area contributed by atoms with Crippen molar-refractivity contribution in [2.45, 2.75) is 45.1 Å². The van der Waals surface area contributed by atoms with Crippen molar-refractivity contribution in [3.8, 4) is 0 Å². The largest absolute Gasteiger partial charge is 0.198 e. The molecule has 0 bridgehead atoms. The van der Waals surface area contributed by atoms with Crippen LogP contribution < -0.4 is 4.57 Å². The first-order valence-electron chi connectivity index (χ1n) is 5.10. The monoisotopic (exact) mass is 176 g/mol. The lowest BCUT2D eigenvalue weighted by Crippen LogP contribution is -2.52. The average molecular weight is 176 g/mol. The van der Waals surface area contributed by atoms with E-state index in [0.29, 0.717) is 0 Å². The summed E-state index contributed by atoms with van der Waals surface area (Å²) in [6.07, 6.45) is 4.95. The Balaban J connectivity index is 2.43. The lowest BCUT2D eigenvalue weighted by Gasteiger charge is -2.16. The Bertz CT molecular complexity index is 305. The second kappa shape index (κ2) is 2.83. The van der Waals surface area contributed by atoms with Gasteiger partial charge in [-0.05, 0) is 12.8 Å². The Morgan fingerprint density at radius 3 is 2.46 bits per heavy atom. The van der Waals surface area contributed by atoms with E-state index in [0.717, 1.165) is 5.92 Å². The fraction of sp³-hybridized carbons (Fsp3) is 0.583. The summed E-state index contributed by atoms with van der Waals surface area (Å²) in [7, 11) is 0. The Morgan fingerprint density at radius 2 is 1.92 bits per heavy atom. The van der Waals surface area contributed by atoms with Gasteiger partial charge in [-0.3, -0.25) is 0 Å². The average Bonchev–Trinajstić information content (AvgIpc) is 2.85. The van der Waals surface area contributed by atoms with Gasteiger partial charge in [0.15, 0.2) is 17.4 Å². The van der Waals surface area contributed by atoms with E-state index in [4.69, 9.17) is 0 Å². The quantitative estimate of drug-likeness (QED) is 0.579. The minimum absolute atomic E-state index is 0.221. The highest BCUT2D eigenvalue weighted by Gasteiger charge is 2.35. The predicted molar refractivity (Wildman–Crippen MR) is 53.6 cm³/mol. The Labute approximate surface area is 80.4 Å². The summed E-state index contributed by atoms with van der Waals surface area (Å²) in [5, 5.41) is 0. The van der Waals surface area contributed by atoms with Crippen molar-refractivity contribution in [3.05, 3.63) is 30.1 Å². The van der Waals surface area contributed by atoms with Crippen LogP contribution in [0.3, 0.4) is 0 Å². The molecule has 0 aliphatic heterocycles. The minimum Gasteiger partial charge on any atom is -0.198 e. The summed E-state index contributed by atoms with van der Waals surface area (Å²) in [5.41, 5.74) is 1.73. The van der Waals surface area contributed by atoms with Crippen LogP contribution >= 0.6 is 0 Å². The molecule has 0 aromatic carbocycles. The van der Waals surface area contributed by atoms with Crippen LogP contribution in [-0.4, -0.2) is 0 Å². The normalized spacial score (nSPS) is 17.5. The van der Waals surface area contributed by atoms with Crippen molar-refractivity contribution in [2.75, 3.05) is 0 Å². The molecule has 1 saturated carbocycles. The number of rotatable bonds is 1. The zero-order chi connectivity index (χ0) is 9.47. The van der Waals surface area contributed by atoms with Gasteiger partial charge in [-0.15, -0.1) is 0 Å². The van der Waals surface area contributed by atoms with E-state index in [-0.39, 0.29) is 5.54 Å². The Morgan fingerprint density at radius 1 is 1.23 bits per heavy atom. The van der Waals surface area contributed by atoms with E-state index in [9.17, 15) is 0 Å². The molecule has 1 heteroatoms. The van der Waals surface area contributed by atoms with Crippen molar-refractivity contribution < 1.29 is 4.57 Å². The van der Waals surface area contributed by atoms with E-state index in [2.05, 4.69) is 49.7 Å². The molecule has 0 saturated heterocycles. The molecule has 1 nitrogen and oxygen atoms in total. The maximum atomic E-state index is 2.41. The Hall–Kier alpha value is -0.850. The van der Waals surface area contributed by atoms with Crippen LogP contribution in [0.5, 0.6) is 0 Å². The molecule has 70 valence electrons. The summed E-state index contributed by atoms with van der Waals surface area (Å²) >= 11 is 0. The lowest BCUT2D eigenvalue weighted by molar-refractivity contribution is -0.760. The topological polar surface area (TPSA) is 3.88 Å². The fourth-order valence-electron chi connectivity index (χ4n) is 1.78. The third-order valence-electron chi connectivity index (χ3n) is 2.61. The standard InChI is InChI=1S/C12H18N/c1-12(2,3)13-9-5-4-6-11(13)10-7-8-10/h4-6,9-10H,7-8H2,1-3H3/q+1. The van der Waals surface area contributed by atoms with Crippen LogP contribution in [0, 0.1) is 0 Å². The van der Waals surface area contributed by atoms with Gasteiger partial charge in [0.05, 0.1) is 0 Å². The number of aromatic nitrogens is 1. The molecule has 0 spiro atoms. The summed E-state index contributed by atoms with van der Waals surface area (Å²) < 4.78 is 2.41. The predicted octanol–water partition coefficient (Wildman–Crippen LogP) is 2.61. The zero-order valence-electron chi connectivity index (χ0n) is 8.75. The van der Waals surface area contributed by atoms with E-state index in [1.807, 2.05) is 0 Å². The molecule has 1 fully saturated rings. The van der Waals surface area contributed by atoms with Crippen molar-refractivity contribution in [2.24, 2.45) is 0 Å². The number of hydrogen-bond donors (Lipinski definition) is 0. The molecule has 0 N–H and O–H groups in total. The van der Waals surface area contributed by atoms with E-state index in [1.54, 1.807) is 0 Å². The van der Waals surface area contributed by atoms with Crippen LogP contribution in [0.4, 0.5) is 0 Å². The number of hydrogen-bond acceptors (Lipinski definition) is 0. The first-order valence-corrected chi connectivity index (χ1v) is 5.10. The van der Waals surface area contributed by atoms with Gasteiger partial charge in [-0.2, -0.15) is 4.57 Å². The van der Waals surface area contributed by atoms with E-state index < -0.39 is 0 Å². The molecule has 1 aliphatic carbocycles. The van der Waals surface area contributed by atoms with Crippen LogP contribution in [0.25, 0.3) is 0 Å². The summed E-state index contributed by atoms with van der Waals surface area (Å²) in [6, 6.07) is 6.54. The molecule has 1 aromatic rings. The van der Waals surface area contributed by atoms with Gasteiger partial charge < -0.3 is 0 Å². The van der Waals surface area contributed by atoms with E-state index >= 15 is 0 Å². The van der Waals surface area contributed by atoms with Crippen LogP contribution in [0.15, 0.2) is 24.4 Å². The molecule has 0 radical (unpaired) electrons. The maximum absolute atomic E-state index is 2.41. The number of pyridine rings is 1. The van der Waals surface area contributed by atoms with Crippen molar-refractivity contribution >= 4 is 0 Å². The first-order chi connectivity index (χ1) is 6.09. The molecule has 1 aromatic heterocycles. The molecule has 13 heavy (non-hydrogen) atoms. The zero-order valence-corrected chi connectivity index (χ0v) is 8.75. The molecular formula is C12H18N+. The second-order valence-corrected chi connectivity index (χ2v) is 4.94. The van der Waals surface area contributed by atoms with Crippen molar-refractivity contribution in [1.82, 2.24) is 0 Å². The lowest BCUT2D eigenvalue weighted by atomic mass is 10.1. The number of nitrogens with zero attached hydrogens (tertiary/aromatic N) is 1. The third-order valence-corrected chi connectivity index (χ3v) is 2.61. The second-order valence-electron chi connectivity index (χ2n) is 4.94. The van der Waals surface area contributed by atoms with Gasteiger partial charge in [0.2, 0.25) is 0 Å². The van der Waals surface area contributed by atoms with Gasteiger partial charge >= 0.3 is 0 Å². The Kier molecular flexibility index (Phi) is 1.90. The van der Waals surface area contributed by atoms with Crippen molar-refractivity contribution in [3.63, 3.8) is 0 Å². The molecule has 0 atom stereocenters. The molecule has 0 unspecified atom stereocenters. The third kappa shape index (κ3) is 1.74. The SMILES string of the molecule is CC(C)(C)[n+]1ccccc1C1CC1. The van der Waals surface area contributed by atoms with Gasteiger partial charge in [-0.25, -0.2) is 0 Å². The summed E-state index contributed by atoms with van der Waals surface area (Å²) in [6.45, 7) is 6.79. The summed E-state index contributed by atoms with van der Waals surface area (Å²) in [4.78, 5) is 0. The van der Waals surface area contributed by atoms with Gasteiger partial charge in [0, 0.05) is 38.8 Å². The van der Waals surface area contributed by atoms with Gasteiger partial charge in [0.1, 0.15) is 0 Å². The highest BCUT2D eigenvalue weighted by atomic mass is 15.0. The first kappa shape index (κ1) is 8.74. The van der Waals surface area contributed by atoms with Crippen LogP contribution in [0.2, 0.25) is 0 Å². The molecule has 0 amide bonds. The smallest absolute Gasteiger partial charge is 0.184 e. The molecular weight excluding hydrogens is 158 g/mol. The highest BCUT2D eigenvalue weighted by molar-refractivity contribution is 5.09. The molecule has 1 aliphatic rings. The molecule has 2 rings (SSSR count). The maximum Gasteiger partial charge on any atom is 0.184 e. The van der Waals surface area contributed by atoms with Gasteiger partial charge in [0.25, 0.3) is 0 Å². The van der Waals surface area contributed by atoms with Crippen LogP contribution in [-0.2, 0) is 5.54 Å². The molecule has 1 heterocycles. The van der Waals surface area contributed by atoms with Gasteiger partial charge in [-0.1, -0.05) is 6.07 Å². The fourth-order valence-corrected chi connectivity index (χ4v) is 1.78. The minimum atomic E-state index is 0.221. The highest BCUT2D eigenvalue weighted by Crippen LogP contribution is 2.38. The van der Waals surface area contributed by atoms with Crippen molar-refractivity contribution in [1.29, 1.82) is 0 Å².